The molecule has 2 fully saturated rings. The molecule has 0 spiro atoms. The molecule has 0 saturated carbocycles. The first-order valence-electron chi connectivity index (χ1n) is 9.92. The first kappa shape index (κ1) is 18.7. The number of para-hydroxylation sites is 1. The molecule has 2 aromatic carbocycles. The maximum Gasteiger partial charge on any atom is 0.292 e. The monoisotopic (exact) mass is 426 g/mol. The molecule has 2 aliphatic rings. The summed E-state index contributed by atoms with van der Waals surface area (Å²) in [7, 11) is 0. The molecule has 0 aliphatic carbocycles. The highest BCUT2D eigenvalue weighted by atomic mass is 35.5. The molecular weight excluding hydrogens is 406 g/mol. The van der Waals surface area contributed by atoms with Crippen molar-refractivity contribution in [2.75, 3.05) is 18.0 Å². The molecule has 1 unspecified atom stereocenters. The standard InChI is InChI=1S/C22H20ClN3O2S/c23-15-5-7-16(8-6-15)26-20(27)13-18(22(26)28)25-11-9-14(10-12-25)21-24-17-3-1-2-4-19(17)29-21/h1-8,14,18H,9-13H2/p+1. The first-order chi connectivity index (χ1) is 14.1. The van der Waals surface area contributed by atoms with E-state index >= 15 is 0 Å². The number of carbonyl (C=O) groups excluding carboxylic acids is 2. The molecular formula is C22H21ClN3O2S+. The number of hydrogen-bond donors (Lipinski definition) is 1. The van der Waals surface area contributed by atoms with Crippen LogP contribution in [-0.2, 0) is 9.59 Å². The number of likely N-dealkylation sites (tertiary alicyclic amines) is 1. The van der Waals surface area contributed by atoms with E-state index in [-0.39, 0.29) is 24.3 Å². The first-order valence-corrected chi connectivity index (χ1v) is 11.1. The van der Waals surface area contributed by atoms with Crippen LogP contribution in [0.25, 0.3) is 10.2 Å². The number of thiazole rings is 1. The summed E-state index contributed by atoms with van der Waals surface area (Å²) in [6, 6.07) is 14.8. The summed E-state index contributed by atoms with van der Waals surface area (Å²) >= 11 is 7.71. The topological polar surface area (TPSA) is 54.7 Å². The Hall–Kier alpha value is -2.28. The maximum absolute atomic E-state index is 13.0. The minimum atomic E-state index is -0.283. The second-order valence-corrected chi connectivity index (χ2v) is 9.25. The molecule has 5 nitrogen and oxygen atoms in total. The van der Waals surface area contributed by atoms with Crippen LogP contribution in [-0.4, -0.2) is 35.9 Å². The van der Waals surface area contributed by atoms with E-state index in [4.69, 9.17) is 16.6 Å². The van der Waals surface area contributed by atoms with Crippen LogP contribution in [0.4, 0.5) is 5.69 Å². The van der Waals surface area contributed by atoms with Gasteiger partial charge in [0, 0.05) is 23.8 Å². The van der Waals surface area contributed by atoms with Gasteiger partial charge in [-0.25, -0.2) is 9.88 Å². The van der Waals surface area contributed by atoms with E-state index < -0.39 is 0 Å². The lowest BCUT2D eigenvalue weighted by Gasteiger charge is -2.31. The Labute approximate surface area is 177 Å². The average molecular weight is 427 g/mol. The Morgan fingerprint density at radius 2 is 1.76 bits per heavy atom. The third-order valence-corrected chi connectivity index (χ3v) is 7.46. The zero-order valence-corrected chi connectivity index (χ0v) is 17.4. The molecule has 3 aromatic rings. The number of halogens is 1. The summed E-state index contributed by atoms with van der Waals surface area (Å²) < 4.78 is 1.23. The van der Waals surface area contributed by atoms with Crippen LogP contribution in [0.15, 0.2) is 48.5 Å². The molecule has 0 bridgehead atoms. The van der Waals surface area contributed by atoms with Crippen LogP contribution in [0.5, 0.6) is 0 Å². The van der Waals surface area contributed by atoms with Gasteiger partial charge in [-0.05, 0) is 36.4 Å². The molecule has 2 saturated heterocycles. The largest absolute Gasteiger partial charge is 0.324 e. The second kappa shape index (κ2) is 7.52. The van der Waals surface area contributed by atoms with Crippen molar-refractivity contribution in [1.82, 2.24) is 4.98 Å². The number of nitrogens with one attached hydrogen (secondary N) is 1. The molecule has 0 radical (unpaired) electrons. The van der Waals surface area contributed by atoms with E-state index in [0.717, 1.165) is 31.4 Å². The number of fused-ring (bicyclic) bond motifs is 1. The molecule has 3 heterocycles. The fraction of sp³-hybridized carbons (Fsp3) is 0.318. The lowest BCUT2D eigenvalue weighted by atomic mass is 9.96. The Kier molecular flexibility index (Phi) is 4.86. The van der Waals surface area contributed by atoms with Crippen molar-refractivity contribution in [2.45, 2.75) is 31.2 Å². The van der Waals surface area contributed by atoms with Gasteiger partial charge in [0.25, 0.3) is 5.91 Å². The van der Waals surface area contributed by atoms with Crippen molar-refractivity contribution in [2.24, 2.45) is 0 Å². The van der Waals surface area contributed by atoms with E-state index in [0.29, 0.717) is 16.6 Å². The number of amides is 2. The Balaban J connectivity index is 1.27. The van der Waals surface area contributed by atoms with Gasteiger partial charge in [-0.2, -0.15) is 0 Å². The van der Waals surface area contributed by atoms with E-state index in [1.165, 1.54) is 19.5 Å². The number of carbonyl (C=O) groups is 2. The number of nitrogens with zero attached hydrogens (tertiary/aromatic N) is 2. The summed E-state index contributed by atoms with van der Waals surface area (Å²) in [5, 5.41) is 1.79. The minimum absolute atomic E-state index is 0.0919. The molecule has 1 aromatic heterocycles. The quantitative estimate of drug-likeness (QED) is 0.655. The number of hydrogen-bond acceptors (Lipinski definition) is 4. The third kappa shape index (κ3) is 3.45. The van der Waals surface area contributed by atoms with E-state index in [1.54, 1.807) is 35.6 Å². The highest BCUT2D eigenvalue weighted by Gasteiger charge is 2.46. The fourth-order valence-electron chi connectivity index (χ4n) is 4.46. The zero-order valence-electron chi connectivity index (χ0n) is 15.8. The van der Waals surface area contributed by atoms with Crippen LogP contribution in [0.2, 0.25) is 5.02 Å². The predicted molar refractivity (Wildman–Crippen MR) is 115 cm³/mol. The highest BCUT2D eigenvalue weighted by molar-refractivity contribution is 7.18. The van der Waals surface area contributed by atoms with Crippen molar-refractivity contribution in [3.8, 4) is 0 Å². The van der Waals surface area contributed by atoms with E-state index in [2.05, 4.69) is 12.1 Å². The van der Waals surface area contributed by atoms with Crippen LogP contribution >= 0.6 is 22.9 Å². The molecule has 29 heavy (non-hydrogen) atoms. The van der Waals surface area contributed by atoms with Crippen LogP contribution in [0.3, 0.4) is 0 Å². The number of rotatable bonds is 3. The molecule has 1 atom stereocenters. The number of anilines is 1. The summed E-state index contributed by atoms with van der Waals surface area (Å²) in [6.45, 7) is 1.78. The number of imide groups is 1. The second-order valence-electron chi connectivity index (χ2n) is 7.75. The van der Waals surface area contributed by atoms with E-state index in [9.17, 15) is 9.59 Å². The Bertz CT molecular complexity index is 1040. The molecule has 7 heteroatoms. The van der Waals surface area contributed by atoms with Gasteiger partial charge in [-0.15, -0.1) is 11.3 Å². The van der Waals surface area contributed by atoms with Crippen molar-refractivity contribution in [3.05, 3.63) is 58.6 Å². The normalized spacial score (nSPS) is 25.1. The van der Waals surface area contributed by atoms with Crippen molar-refractivity contribution >= 4 is 50.7 Å². The molecule has 1 N–H and O–H groups in total. The molecule has 2 amide bonds. The van der Waals surface area contributed by atoms with Gasteiger partial charge < -0.3 is 4.90 Å². The van der Waals surface area contributed by atoms with Crippen molar-refractivity contribution in [3.63, 3.8) is 0 Å². The SMILES string of the molecule is O=C1CC([NH+]2CCC(c3nc4ccccc4s3)CC2)C(=O)N1c1ccc(Cl)cc1. The van der Waals surface area contributed by atoms with Crippen LogP contribution in [0.1, 0.15) is 30.2 Å². The van der Waals surface area contributed by atoms with Gasteiger partial charge in [-0.3, -0.25) is 9.59 Å². The number of benzene rings is 2. The zero-order chi connectivity index (χ0) is 20.0. The molecule has 2 aliphatic heterocycles. The average Bonchev–Trinajstić information content (AvgIpc) is 3.30. The number of piperidine rings is 1. The summed E-state index contributed by atoms with van der Waals surface area (Å²) in [4.78, 5) is 32.9. The minimum Gasteiger partial charge on any atom is -0.324 e. The van der Waals surface area contributed by atoms with E-state index in [1.807, 2.05) is 12.1 Å². The van der Waals surface area contributed by atoms with Gasteiger partial charge in [0.05, 0.1) is 40.4 Å². The van der Waals surface area contributed by atoms with Crippen molar-refractivity contribution in [1.29, 1.82) is 0 Å². The number of aromatic nitrogens is 1. The highest BCUT2D eigenvalue weighted by Crippen LogP contribution is 2.32. The van der Waals surface area contributed by atoms with Gasteiger partial charge in [-0.1, -0.05) is 23.7 Å². The van der Waals surface area contributed by atoms with Crippen LogP contribution in [0, 0.1) is 0 Å². The summed E-state index contributed by atoms with van der Waals surface area (Å²) in [5.41, 5.74) is 1.67. The van der Waals surface area contributed by atoms with Gasteiger partial charge >= 0.3 is 0 Å². The Morgan fingerprint density at radius 1 is 1.03 bits per heavy atom. The summed E-state index contributed by atoms with van der Waals surface area (Å²) in [6.07, 6.45) is 2.27. The fourth-order valence-corrected chi connectivity index (χ4v) is 5.72. The van der Waals surface area contributed by atoms with Gasteiger partial charge in [0.15, 0.2) is 6.04 Å². The van der Waals surface area contributed by atoms with Crippen molar-refractivity contribution < 1.29 is 14.5 Å². The molecule has 5 rings (SSSR count). The third-order valence-electron chi connectivity index (χ3n) is 6.01. The number of quaternary nitrogens is 1. The maximum atomic E-state index is 13.0. The molecule has 148 valence electrons. The van der Waals surface area contributed by atoms with Gasteiger partial charge in [0.1, 0.15) is 0 Å². The smallest absolute Gasteiger partial charge is 0.292 e. The summed E-state index contributed by atoms with van der Waals surface area (Å²) in [5.74, 6) is 0.226. The van der Waals surface area contributed by atoms with Gasteiger partial charge in [0.2, 0.25) is 5.91 Å². The Morgan fingerprint density at radius 3 is 2.48 bits per heavy atom. The van der Waals surface area contributed by atoms with Crippen LogP contribution < -0.4 is 9.80 Å². The lowest BCUT2D eigenvalue weighted by molar-refractivity contribution is -0.920. The predicted octanol–water partition coefficient (Wildman–Crippen LogP) is 3.04. The lowest BCUT2D eigenvalue weighted by Crippen LogP contribution is -3.17.